The molecule has 6 heteroatoms. The van der Waals surface area contributed by atoms with Gasteiger partial charge in [-0.3, -0.25) is 9.59 Å². The van der Waals surface area contributed by atoms with Crippen molar-refractivity contribution in [3.63, 3.8) is 0 Å². The smallest absolute Gasteiger partial charge is 0.253 e. The van der Waals surface area contributed by atoms with Gasteiger partial charge in [-0.2, -0.15) is 0 Å². The van der Waals surface area contributed by atoms with Crippen LogP contribution in [0.3, 0.4) is 0 Å². The zero-order chi connectivity index (χ0) is 13.1. The molecule has 0 aliphatic carbocycles. The number of nitrogens with zero attached hydrogens (tertiary/aromatic N) is 1. The van der Waals surface area contributed by atoms with E-state index < -0.39 is 5.91 Å². The van der Waals surface area contributed by atoms with Gasteiger partial charge < -0.3 is 16.0 Å². The van der Waals surface area contributed by atoms with Crippen molar-refractivity contribution in [3.05, 3.63) is 35.4 Å². The van der Waals surface area contributed by atoms with E-state index in [-0.39, 0.29) is 24.4 Å². The normalized spacial score (nSPS) is 17.6. The number of nitrogens with two attached hydrogens (primary N) is 1. The third-order valence-electron chi connectivity index (χ3n) is 3.32. The van der Waals surface area contributed by atoms with Crippen LogP contribution in [0.4, 0.5) is 0 Å². The number of rotatable bonds is 3. The van der Waals surface area contributed by atoms with Gasteiger partial charge in [-0.15, -0.1) is 12.4 Å². The van der Waals surface area contributed by atoms with Crippen LogP contribution < -0.4 is 11.1 Å². The monoisotopic (exact) mass is 283 g/mol. The van der Waals surface area contributed by atoms with Crippen LogP contribution in [-0.4, -0.2) is 42.9 Å². The maximum Gasteiger partial charge on any atom is 0.253 e. The average molecular weight is 284 g/mol. The van der Waals surface area contributed by atoms with Gasteiger partial charge in [0, 0.05) is 30.8 Å². The zero-order valence-electron chi connectivity index (χ0n) is 10.8. The maximum absolute atomic E-state index is 12.2. The van der Waals surface area contributed by atoms with Crippen LogP contribution in [0.1, 0.15) is 27.1 Å². The molecule has 1 atom stereocenters. The summed E-state index contributed by atoms with van der Waals surface area (Å²) in [6.45, 7) is 1.78. The minimum atomic E-state index is -0.484. The summed E-state index contributed by atoms with van der Waals surface area (Å²) >= 11 is 0. The third-order valence-corrected chi connectivity index (χ3v) is 3.32. The van der Waals surface area contributed by atoms with Crippen molar-refractivity contribution in [2.45, 2.75) is 12.5 Å². The molecule has 3 N–H and O–H groups in total. The maximum atomic E-state index is 12.2. The second kappa shape index (κ2) is 6.54. The quantitative estimate of drug-likeness (QED) is 0.855. The van der Waals surface area contributed by atoms with Crippen LogP contribution >= 0.6 is 12.4 Å². The Bertz CT molecular complexity index is 455. The van der Waals surface area contributed by atoms with Crippen LogP contribution in [0.15, 0.2) is 24.3 Å². The Balaban J connectivity index is 0.00000180. The highest BCUT2D eigenvalue weighted by Crippen LogP contribution is 2.12. The number of likely N-dealkylation sites (N-methyl/N-ethyl adjacent to an activating group) is 1. The minimum absolute atomic E-state index is 0. The van der Waals surface area contributed by atoms with Crippen LogP contribution in [0, 0.1) is 0 Å². The molecule has 5 nitrogen and oxygen atoms in total. The second-order valence-corrected chi connectivity index (χ2v) is 4.50. The Hall–Kier alpha value is -1.59. The number of halogens is 1. The number of carbonyl (C=O) groups is 2. The van der Waals surface area contributed by atoms with Gasteiger partial charge in [0.15, 0.2) is 0 Å². The summed E-state index contributed by atoms with van der Waals surface area (Å²) in [5.41, 5.74) is 6.15. The fraction of sp³-hybridized carbons (Fsp3) is 0.385. The first kappa shape index (κ1) is 15.5. The lowest BCUT2D eigenvalue weighted by Gasteiger charge is -2.23. The highest BCUT2D eigenvalue weighted by atomic mass is 35.5. The summed E-state index contributed by atoms with van der Waals surface area (Å²) in [4.78, 5) is 24.9. The Kier molecular flexibility index (Phi) is 5.32. The Morgan fingerprint density at radius 2 is 1.84 bits per heavy atom. The molecule has 104 valence electrons. The fourth-order valence-corrected chi connectivity index (χ4v) is 2.12. The van der Waals surface area contributed by atoms with E-state index in [1.807, 2.05) is 7.05 Å². The van der Waals surface area contributed by atoms with Gasteiger partial charge in [0.25, 0.3) is 5.91 Å². The Morgan fingerprint density at radius 3 is 2.32 bits per heavy atom. The summed E-state index contributed by atoms with van der Waals surface area (Å²) in [6, 6.07) is 6.68. The molecular weight excluding hydrogens is 266 g/mol. The first-order valence-electron chi connectivity index (χ1n) is 5.97. The van der Waals surface area contributed by atoms with Gasteiger partial charge in [-0.05, 0) is 37.2 Å². The van der Waals surface area contributed by atoms with Gasteiger partial charge in [0.2, 0.25) is 5.91 Å². The Labute approximate surface area is 118 Å². The summed E-state index contributed by atoms with van der Waals surface area (Å²) in [5, 5.41) is 3.23. The zero-order valence-corrected chi connectivity index (χ0v) is 11.6. The van der Waals surface area contributed by atoms with Crippen molar-refractivity contribution in [1.29, 1.82) is 0 Å². The minimum Gasteiger partial charge on any atom is -0.366 e. The molecular formula is C13H18ClN3O2. The highest BCUT2D eigenvalue weighted by Gasteiger charge is 2.23. The van der Waals surface area contributed by atoms with Crippen molar-refractivity contribution in [2.24, 2.45) is 5.73 Å². The van der Waals surface area contributed by atoms with E-state index in [4.69, 9.17) is 5.73 Å². The number of nitrogens with one attached hydrogen (secondary N) is 1. The summed E-state index contributed by atoms with van der Waals surface area (Å²) < 4.78 is 0. The molecule has 1 aromatic carbocycles. The number of primary amides is 1. The van der Waals surface area contributed by atoms with Gasteiger partial charge in [0.05, 0.1) is 0 Å². The van der Waals surface area contributed by atoms with Crippen molar-refractivity contribution >= 4 is 24.2 Å². The molecule has 0 radical (unpaired) electrons. The molecule has 2 amide bonds. The SMILES string of the molecule is CN(C(=O)c1ccc(C(N)=O)cc1)C1CCNC1.Cl. The number of benzene rings is 1. The number of amides is 2. The van der Waals surface area contributed by atoms with Gasteiger partial charge in [-0.1, -0.05) is 0 Å². The third kappa shape index (κ3) is 3.45. The summed E-state index contributed by atoms with van der Waals surface area (Å²) in [6.07, 6.45) is 0.974. The topological polar surface area (TPSA) is 75.4 Å². The van der Waals surface area contributed by atoms with Crippen LogP contribution in [-0.2, 0) is 0 Å². The van der Waals surface area contributed by atoms with Gasteiger partial charge in [0.1, 0.15) is 0 Å². The molecule has 1 saturated heterocycles. The van der Waals surface area contributed by atoms with Crippen LogP contribution in [0.5, 0.6) is 0 Å². The Morgan fingerprint density at radius 1 is 1.26 bits per heavy atom. The molecule has 0 spiro atoms. The van der Waals surface area contributed by atoms with Crippen molar-refractivity contribution in [2.75, 3.05) is 20.1 Å². The lowest BCUT2D eigenvalue weighted by atomic mass is 10.1. The van der Waals surface area contributed by atoms with Gasteiger partial charge >= 0.3 is 0 Å². The van der Waals surface area contributed by atoms with E-state index in [1.165, 1.54) is 0 Å². The largest absolute Gasteiger partial charge is 0.366 e. The molecule has 1 fully saturated rings. The average Bonchev–Trinajstić information content (AvgIpc) is 2.91. The van der Waals surface area contributed by atoms with E-state index in [0.717, 1.165) is 19.5 Å². The van der Waals surface area contributed by atoms with E-state index in [2.05, 4.69) is 5.32 Å². The van der Waals surface area contributed by atoms with Crippen LogP contribution in [0.2, 0.25) is 0 Å². The first-order valence-corrected chi connectivity index (χ1v) is 5.97. The van der Waals surface area contributed by atoms with E-state index >= 15 is 0 Å². The van der Waals surface area contributed by atoms with Gasteiger partial charge in [-0.25, -0.2) is 0 Å². The summed E-state index contributed by atoms with van der Waals surface area (Å²) in [7, 11) is 1.81. The predicted octanol–water partition coefficient (Wildman–Crippen LogP) is 0.641. The number of hydrogen-bond donors (Lipinski definition) is 2. The molecule has 1 aliphatic rings. The molecule has 0 saturated carbocycles. The highest BCUT2D eigenvalue weighted by molar-refractivity contribution is 5.97. The van der Waals surface area contributed by atoms with E-state index in [0.29, 0.717) is 11.1 Å². The van der Waals surface area contributed by atoms with Crippen molar-refractivity contribution < 1.29 is 9.59 Å². The second-order valence-electron chi connectivity index (χ2n) is 4.50. The van der Waals surface area contributed by atoms with Crippen molar-refractivity contribution in [1.82, 2.24) is 10.2 Å². The molecule has 0 bridgehead atoms. The van der Waals surface area contributed by atoms with Crippen LogP contribution in [0.25, 0.3) is 0 Å². The number of carbonyl (C=O) groups excluding carboxylic acids is 2. The molecule has 1 unspecified atom stereocenters. The molecule has 1 heterocycles. The molecule has 1 aromatic rings. The lowest BCUT2D eigenvalue weighted by Crippen LogP contribution is -2.38. The number of hydrogen-bond acceptors (Lipinski definition) is 3. The molecule has 19 heavy (non-hydrogen) atoms. The molecule has 0 aromatic heterocycles. The van der Waals surface area contributed by atoms with E-state index in [9.17, 15) is 9.59 Å². The summed E-state index contributed by atoms with van der Waals surface area (Å²) in [5.74, 6) is -0.512. The van der Waals surface area contributed by atoms with Crippen molar-refractivity contribution in [3.8, 4) is 0 Å². The fourth-order valence-electron chi connectivity index (χ4n) is 2.12. The molecule has 1 aliphatic heterocycles. The lowest BCUT2D eigenvalue weighted by molar-refractivity contribution is 0.0743. The van der Waals surface area contributed by atoms with E-state index in [1.54, 1.807) is 29.2 Å². The first-order chi connectivity index (χ1) is 8.59. The molecule has 2 rings (SSSR count). The standard InChI is InChI=1S/C13H17N3O2.ClH/c1-16(11-6-7-15-8-11)13(18)10-4-2-9(3-5-10)12(14)17;/h2-5,11,15H,6-8H2,1H3,(H2,14,17);1H. The predicted molar refractivity (Wildman–Crippen MR) is 75.6 cm³/mol.